The van der Waals surface area contributed by atoms with Crippen LogP contribution in [0.25, 0.3) is 6.08 Å². The Bertz CT molecular complexity index is 681. The van der Waals surface area contributed by atoms with Gasteiger partial charge in [0.25, 0.3) is 0 Å². The minimum atomic E-state index is 0.774. The number of nitrogens with zero attached hydrogens (tertiary/aromatic N) is 1. The van der Waals surface area contributed by atoms with Gasteiger partial charge in [-0.3, -0.25) is 4.90 Å². The number of rotatable bonds is 5. The molecule has 1 heterocycles. The molecule has 0 atom stereocenters. The summed E-state index contributed by atoms with van der Waals surface area (Å²) < 4.78 is 5.55. The van der Waals surface area contributed by atoms with Crippen molar-refractivity contribution in [3.63, 3.8) is 0 Å². The summed E-state index contributed by atoms with van der Waals surface area (Å²) in [6, 6.07) is 14.4. The van der Waals surface area contributed by atoms with Crippen molar-refractivity contribution in [3.05, 3.63) is 70.3 Å². The Labute approximate surface area is 137 Å². The number of likely N-dealkylation sites (N-methyl/N-ethyl adjacent to an activating group) is 1. The number of hydrogen-bond acceptors (Lipinski definition) is 2. The number of hydrogen-bond donors (Lipinski definition) is 0. The first-order valence-electron chi connectivity index (χ1n) is 7.56. The molecule has 0 aromatic heterocycles. The van der Waals surface area contributed by atoms with Crippen LogP contribution < -0.4 is 4.74 Å². The van der Waals surface area contributed by atoms with Crippen LogP contribution in [0.5, 0.6) is 5.75 Å². The molecule has 3 heteroatoms. The van der Waals surface area contributed by atoms with Gasteiger partial charge in [-0.15, -0.1) is 0 Å². The van der Waals surface area contributed by atoms with E-state index in [0.717, 1.165) is 42.5 Å². The van der Waals surface area contributed by atoms with Crippen molar-refractivity contribution in [2.75, 3.05) is 20.2 Å². The number of benzene rings is 2. The van der Waals surface area contributed by atoms with E-state index < -0.39 is 0 Å². The first kappa shape index (κ1) is 15.1. The van der Waals surface area contributed by atoms with Crippen molar-refractivity contribution < 1.29 is 4.74 Å². The maximum Gasteiger partial charge on any atom is 0.122 e. The summed E-state index contributed by atoms with van der Waals surface area (Å²) >= 11 is 5.99. The lowest BCUT2D eigenvalue weighted by Gasteiger charge is -2.15. The highest BCUT2D eigenvalue weighted by Crippen LogP contribution is 2.26. The van der Waals surface area contributed by atoms with Crippen molar-refractivity contribution in [3.8, 4) is 5.75 Å². The molecule has 114 valence electrons. The molecule has 0 amide bonds. The quantitative estimate of drug-likeness (QED) is 0.810. The average molecular weight is 314 g/mol. The molecule has 0 fully saturated rings. The van der Waals surface area contributed by atoms with Gasteiger partial charge in [0.2, 0.25) is 0 Å². The zero-order valence-electron chi connectivity index (χ0n) is 12.8. The topological polar surface area (TPSA) is 12.5 Å². The predicted molar refractivity (Wildman–Crippen MR) is 92.5 cm³/mol. The highest BCUT2D eigenvalue weighted by atomic mass is 35.5. The molecule has 0 saturated carbocycles. The monoisotopic (exact) mass is 313 g/mol. The van der Waals surface area contributed by atoms with Crippen LogP contribution in [0.2, 0.25) is 5.02 Å². The van der Waals surface area contributed by atoms with Crippen LogP contribution in [-0.4, -0.2) is 25.1 Å². The maximum atomic E-state index is 5.99. The first-order valence-corrected chi connectivity index (χ1v) is 7.94. The summed E-state index contributed by atoms with van der Waals surface area (Å²) in [5, 5.41) is 0.774. The van der Waals surface area contributed by atoms with Crippen LogP contribution in [0, 0.1) is 0 Å². The van der Waals surface area contributed by atoms with E-state index in [1.807, 2.05) is 18.2 Å². The molecule has 0 N–H and O–H groups in total. The van der Waals surface area contributed by atoms with E-state index in [4.69, 9.17) is 16.3 Å². The minimum Gasteiger partial charge on any atom is -0.493 e. The normalized spacial score (nSPS) is 13.6. The van der Waals surface area contributed by atoms with Crippen LogP contribution in [0.15, 0.2) is 48.5 Å². The Morgan fingerprint density at radius 3 is 3.00 bits per heavy atom. The smallest absolute Gasteiger partial charge is 0.122 e. The van der Waals surface area contributed by atoms with E-state index in [1.54, 1.807) is 0 Å². The third kappa shape index (κ3) is 3.90. The second-order valence-electron chi connectivity index (χ2n) is 5.69. The third-order valence-corrected chi connectivity index (χ3v) is 4.02. The molecule has 0 spiro atoms. The van der Waals surface area contributed by atoms with Gasteiger partial charge < -0.3 is 4.74 Å². The Balaban J connectivity index is 1.55. The molecule has 2 aromatic carbocycles. The highest BCUT2D eigenvalue weighted by molar-refractivity contribution is 6.30. The minimum absolute atomic E-state index is 0.774. The molecule has 0 unspecified atom stereocenters. The van der Waals surface area contributed by atoms with Crippen LogP contribution in [0.4, 0.5) is 0 Å². The molecule has 2 nitrogen and oxygen atoms in total. The SMILES string of the molecule is CN(C/C=C/c1cccc(Cl)c1)Cc1ccc2c(c1)CCO2. The van der Waals surface area contributed by atoms with Gasteiger partial charge in [-0.25, -0.2) is 0 Å². The van der Waals surface area contributed by atoms with Crippen LogP contribution in [-0.2, 0) is 13.0 Å². The molecule has 1 aliphatic rings. The van der Waals surface area contributed by atoms with Gasteiger partial charge >= 0.3 is 0 Å². The fraction of sp³-hybridized carbons (Fsp3) is 0.263. The average Bonchev–Trinajstić information content (AvgIpc) is 2.95. The zero-order valence-corrected chi connectivity index (χ0v) is 13.5. The molecule has 1 aliphatic heterocycles. The fourth-order valence-corrected chi connectivity index (χ4v) is 2.89. The molecule has 0 saturated heterocycles. The second-order valence-corrected chi connectivity index (χ2v) is 6.13. The van der Waals surface area contributed by atoms with Crippen LogP contribution >= 0.6 is 11.6 Å². The van der Waals surface area contributed by atoms with Gasteiger partial charge in [-0.1, -0.05) is 48.0 Å². The summed E-state index contributed by atoms with van der Waals surface area (Å²) in [6.07, 6.45) is 5.31. The molecule has 0 radical (unpaired) electrons. The Kier molecular flexibility index (Phi) is 4.81. The van der Waals surface area contributed by atoms with Gasteiger partial charge in [-0.2, -0.15) is 0 Å². The van der Waals surface area contributed by atoms with E-state index in [0.29, 0.717) is 0 Å². The van der Waals surface area contributed by atoms with E-state index in [9.17, 15) is 0 Å². The van der Waals surface area contributed by atoms with E-state index >= 15 is 0 Å². The molecule has 2 aromatic rings. The molecule has 0 bridgehead atoms. The van der Waals surface area contributed by atoms with Crippen molar-refractivity contribution in [2.45, 2.75) is 13.0 Å². The van der Waals surface area contributed by atoms with Crippen LogP contribution in [0.3, 0.4) is 0 Å². The second kappa shape index (κ2) is 6.99. The molecule has 22 heavy (non-hydrogen) atoms. The number of fused-ring (bicyclic) bond motifs is 1. The summed E-state index contributed by atoms with van der Waals surface area (Å²) in [5.74, 6) is 1.05. The highest BCUT2D eigenvalue weighted by Gasteiger charge is 2.12. The van der Waals surface area contributed by atoms with Gasteiger partial charge in [0.1, 0.15) is 5.75 Å². The molecular weight excluding hydrogens is 294 g/mol. The van der Waals surface area contributed by atoms with Crippen LogP contribution in [0.1, 0.15) is 16.7 Å². The van der Waals surface area contributed by atoms with E-state index in [-0.39, 0.29) is 0 Å². The van der Waals surface area contributed by atoms with Gasteiger partial charge in [0, 0.05) is 24.5 Å². The van der Waals surface area contributed by atoms with Crippen molar-refractivity contribution in [1.29, 1.82) is 0 Å². The fourth-order valence-electron chi connectivity index (χ4n) is 2.69. The Morgan fingerprint density at radius 2 is 2.14 bits per heavy atom. The summed E-state index contributed by atoms with van der Waals surface area (Å²) in [7, 11) is 2.13. The lowest BCUT2D eigenvalue weighted by molar-refractivity contribution is 0.356. The maximum absolute atomic E-state index is 5.99. The van der Waals surface area contributed by atoms with E-state index in [2.05, 4.69) is 48.4 Å². The van der Waals surface area contributed by atoms with Crippen molar-refractivity contribution in [1.82, 2.24) is 4.90 Å². The third-order valence-electron chi connectivity index (χ3n) is 3.78. The van der Waals surface area contributed by atoms with Gasteiger partial charge in [0.05, 0.1) is 6.61 Å². The molecule has 0 aliphatic carbocycles. The van der Waals surface area contributed by atoms with Gasteiger partial charge in [0.15, 0.2) is 0 Å². The van der Waals surface area contributed by atoms with Gasteiger partial charge in [-0.05, 0) is 41.9 Å². The lowest BCUT2D eigenvalue weighted by Crippen LogP contribution is -2.17. The largest absolute Gasteiger partial charge is 0.493 e. The number of halogens is 1. The zero-order chi connectivity index (χ0) is 15.4. The Morgan fingerprint density at radius 1 is 1.23 bits per heavy atom. The summed E-state index contributed by atoms with van der Waals surface area (Å²) in [5.41, 5.74) is 3.80. The first-order chi connectivity index (χ1) is 10.7. The lowest BCUT2D eigenvalue weighted by atomic mass is 10.1. The van der Waals surface area contributed by atoms with Crippen molar-refractivity contribution >= 4 is 17.7 Å². The summed E-state index contributed by atoms with van der Waals surface area (Å²) in [4.78, 5) is 2.29. The standard InChI is InChI=1S/C19H20ClNO/c1-21(10-3-5-15-4-2-6-18(20)13-15)14-16-7-8-19-17(12-16)9-11-22-19/h2-8,12-13H,9-11,14H2,1H3/b5-3+. The van der Waals surface area contributed by atoms with E-state index in [1.165, 1.54) is 11.1 Å². The Hall–Kier alpha value is -1.77. The molecule has 3 rings (SSSR count). The summed E-state index contributed by atoms with van der Waals surface area (Å²) in [6.45, 7) is 2.66. The molecular formula is C19H20ClNO. The van der Waals surface area contributed by atoms with Crippen molar-refractivity contribution in [2.24, 2.45) is 0 Å². The number of ether oxygens (including phenoxy) is 1. The predicted octanol–water partition coefficient (Wildman–Crippen LogP) is 4.42.